The maximum atomic E-state index is 13.7. The van der Waals surface area contributed by atoms with Crippen LogP contribution >= 0.6 is 0 Å². The summed E-state index contributed by atoms with van der Waals surface area (Å²) in [6, 6.07) is 13.2. The first-order valence-corrected chi connectivity index (χ1v) is 12.1. The molecule has 0 spiro atoms. The molecule has 0 saturated heterocycles. The summed E-state index contributed by atoms with van der Waals surface area (Å²) >= 11 is 0. The smallest absolute Gasteiger partial charge is 0.274 e. The Morgan fingerprint density at radius 3 is 2.51 bits per heavy atom. The van der Waals surface area contributed by atoms with E-state index in [1.807, 2.05) is 24.3 Å². The van der Waals surface area contributed by atoms with Crippen molar-refractivity contribution in [2.45, 2.75) is 51.0 Å². The van der Waals surface area contributed by atoms with Gasteiger partial charge in [0.1, 0.15) is 22.8 Å². The van der Waals surface area contributed by atoms with Crippen LogP contribution in [0.1, 0.15) is 51.9 Å². The lowest BCUT2D eigenvalue weighted by molar-refractivity contribution is -0.133. The SMILES string of the molecule is COc1ccc(CNC(=O)[C@@]2(C)Cn3cnc(C(=O)NCc4cccc(F)c4)c3C(=O)N2C2CC2)cc1. The molecule has 1 saturated carbocycles. The van der Waals surface area contributed by atoms with Crippen molar-refractivity contribution in [1.29, 1.82) is 0 Å². The van der Waals surface area contributed by atoms with Crippen molar-refractivity contribution in [3.8, 4) is 5.75 Å². The van der Waals surface area contributed by atoms with E-state index in [9.17, 15) is 18.8 Å². The molecule has 1 atom stereocenters. The summed E-state index contributed by atoms with van der Waals surface area (Å²) in [4.78, 5) is 45.9. The second-order valence-electron chi connectivity index (χ2n) is 9.59. The highest BCUT2D eigenvalue weighted by Gasteiger charge is 2.53. The monoisotopic (exact) mass is 505 g/mol. The molecule has 3 aromatic rings. The summed E-state index contributed by atoms with van der Waals surface area (Å²) in [5.74, 6) is -0.881. The number of nitrogens with zero attached hydrogens (tertiary/aromatic N) is 3. The third kappa shape index (κ3) is 4.78. The van der Waals surface area contributed by atoms with E-state index in [1.54, 1.807) is 35.6 Å². The Labute approximate surface area is 213 Å². The van der Waals surface area contributed by atoms with Gasteiger partial charge in [-0.25, -0.2) is 9.37 Å². The van der Waals surface area contributed by atoms with Crippen molar-refractivity contribution < 1.29 is 23.5 Å². The molecule has 10 heteroatoms. The molecule has 5 rings (SSSR count). The van der Waals surface area contributed by atoms with Gasteiger partial charge in [-0.1, -0.05) is 24.3 Å². The first kappa shape index (κ1) is 24.5. The lowest BCUT2D eigenvalue weighted by atomic mass is 9.93. The van der Waals surface area contributed by atoms with E-state index in [2.05, 4.69) is 15.6 Å². The van der Waals surface area contributed by atoms with Crippen LogP contribution in [0.2, 0.25) is 0 Å². The van der Waals surface area contributed by atoms with Crippen LogP contribution in [0.3, 0.4) is 0 Å². The van der Waals surface area contributed by atoms with E-state index in [0.717, 1.165) is 24.2 Å². The highest BCUT2D eigenvalue weighted by Crippen LogP contribution is 2.38. The molecule has 37 heavy (non-hydrogen) atoms. The fraction of sp³-hybridized carbons (Fsp3) is 0.333. The Hall–Kier alpha value is -4.21. The number of hydrogen-bond acceptors (Lipinski definition) is 5. The topological polar surface area (TPSA) is 106 Å². The molecule has 2 heterocycles. The number of methoxy groups -OCH3 is 1. The molecular formula is C27H28FN5O4. The van der Waals surface area contributed by atoms with Gasteiger partial charge in [0.25, 0.3) is 11.8 Å². The van der Waals surface area contributed by atoms with Gasteiger partial charge >= 0.3 is 0 Å². The second kappa shape index (κ2) is 9.68. The van der Waals surface area contributed by atoms with Gasteiger partial charge in [-0.3, -0.25) is 14.4 Å². The number of benzene rings is 2. The summed E-state index contributed by atoms with van der Waals surface area (Å²) < 4.78 is 20.2. The van der Waals surface area contributed by atoms with Crippen molar-refractivity contribution >= 4 is 17.7 Å². The van der Waals surface area contributed by atoms with Gasteiger partial charge < -0.3 is 24.8 Å². The molecule has 2 N–H and O–H groups in total. The normalized spacial score (nSPS) is 18.8. The highest BCUT2D eigenvalue weighted by atomic mass is 19.1. The van der Waals surface area contributed by atoms with Gasteiger partial charge in [0.15, 0.2) is 5.69 Å². The fourth-order valence-corrected chi connectivity index (χ4v) is 4.75. The predicted octanol–water partition coefficient (Wildman–Crippen LogP) is 2.65. The lowest BCUT2D eigenvalue weighted by Crippen LogP contribution is -2.64. The van der Waals surface area contributed by atoms with Crippen molar-refractivity contribution in [2.75, 3.05) is 7.11 Å². The number of carbonyl (C=O) groups is 3. The van der Waals surface area contributed by atoms with Gasteiger partial charge in [-0.05, 0) is 55.2 Å². The molecule has 1 aromatic heterocycles. The molecule has 1 fully saturated rings. The van der Waals surface area contributed by atoms with Crippen LogP contribution in [0.4, 0.5) is 4.39 Å². The summed E-state index contributed by atoms with van der Waals surface area (Å²) in [5, 5.41) is 5.67. The maximum Gasteiger partial charge on any atom is 0.274 e. The predicted molar refractivity (Wildman–Crippen MR) is 132 cm³/mol. The summed E-state index contributed by atoms with van der Waals surface area (Å²) in [5.41, 5.74) is 0.497. The molecule has 3 amide bonds. The van der Waals surface area contributed by atoms with Gasteiger partial charge in [0, 0.05) is 19.1 Å². The number of imidazole rings is 1. The van der Waals surface area contributed by atoms with Crippen LogP contribution in [0.25, 0.3) is 0 Å². The van der Waals surface area contributed by atoms with Crippen LogP contribution in [-0.2, 0) is 24.4 Å². The number of nitrogens with one attached hydrogen (secondary N) is 2. The van der Waals surface area contributed by atoms with E-state index < -0.39 is 23.2 Å². The van der Waals surface area contributed by atoms with E-state index in [0.29, 0.717) is 12.1 Å². The third-order valence-electron chi connectivity index (χ3n) is 6.84. The Morgan fingerprint density at radius 2 is 1.84 bits per heavy atom. The Kier molecular flexibility index (Phi) is 6.41. The number of ether oxygens (including phenoxy) is 1. The largest absolute Gasteiger partial charge is 0.497 e. The number of halogens is 1. The molecule has 192 valence electrons. The zero-order chi connectivity index (χ0) is 26.2. The Balaban J connectivity index is 1.34. The average Bonchev–Trinajstić information content (AvgIpc) is 3.63. The highest BCUT2D eigenvalue weighted by molar-refractivity contribution is 6.07. The molecule has 1 aliphatic heterocycles. The van der Waals surface area contributed by atoms with Crippen LogP contribution < -0.4 is 15.4 Å². The number of carbonyl (C=O) groups excluding carboxylic acids is 3. The average molecular weight is 506 g/mol. The van der Waals surface area contributed by atoms with E-state index >= 15 is 0 Å². The number of aromatic nitrogens is 2. The van der Waals surface area contributed by atoms with Crippen molar-refractivity contribution in [3.05, 3.63) is 83.2 Å². The van der Waals surface area contributed by atoms with Crippen LogP contribution in [0.15, 0.2) is 54.9 Å². The summed E-state index contributed by atoms with van der Waals surface area (Å²) in [7, 11) is 1.59. The first-order chi connectivity index (χ1) is 17.8. The molecule has 0 unspecified atom stereocenters. The third-order valence-corrected chi connectivity index (χ3v) is 6.84. The minimum absolute atomic E-state index is 0.00672. The van der Waals surface area contributed by atoms with Gasteiger partial charge in [0.05, 0.1) is 20.0 Å². The minimum atomic E-state index is -1.15. The van der Waals surface area contributed by atoms with Crippen molar-refractivity contribution in [3.63, 3.8) is 0 Å². The van der Waals surface area contributed by atoms with Crippen LogP contribution in [-0.4, -0.2) is 50.9 Å². The Morgan fingerprint density at radius 1 is 1.11 bits per heavy atom. The number of fused-ring (bicyclic) bond motifs is 1. The lowest BCUT2D eigenvalue weighted by Gasteiger charge is -2.44. The van der Waals surface area contributed by atoms with Gasteiger partial charge in [-0.2, -0.15) is 0 Å². The van der Waals surface area contributed by atoms with E-state index in [1.165, 1.54) is 18.5 Å². The van der Waals surface area contributed by atoms with Gasteiger partial charge in [0.2, 0.25) is 5.91 Å². The van der Waals surface area contributed by atoms with Gasteiger partial charge in [-0.15, -0.1) is 0 Å². The maximum absolute atomic E-state index is 13.7. The fourth-order valence-electron chi connectivity index (χ4n) is 4.75. The zero-order valence-electron chi connectivity index (χ0n) is 20.7. The van der Waals surface area contributed by atoms with E-state index in [4.69, 9.17) is 4.74 Å². The standard InChI is InChI=1S/C27H28FN5O4/c1-27(26(36)30-13-17-6-10-21(37-2)11-7-17)15-32-16-31-22(23(32)25(35)33(27)20-8-9-20)24(34)29-14-18-4-3-5-19(28)12-18/h3-7,10-12,16,20H,8-9,13-15H2,1-2H3,(H,29,34)(H,30,36)/t27-/m1/s1. The zero-order valence-corrected chi connectivity index (χ0v) is 20.7. The molecule has 9 nitrogen and oxygen atoms in total. The number of amides is 3. The molecule has 2 aliphatic rings. The molecule has 0 bridgehead atoms. The summed E-state index contributed by atoms with van der Waals surface area (Å²) in [6.07, 6.45) is 3.01. The molecule has 0 radical (unpaired) electrons. The van der Waals surface area contributed by atoms with Crippen molar-refractivity contribution in [2.24, 2.45) is 0 Å². The van der Waals surface area contributed by atoms with Crippen LogP contribution in [0.5, 0.6) is 5.75 Å². The Bertz CT molecular complexity index is 1350. The second-order valence-corrected chi connectivity index (χ2v) is 9.59. The van der Waals surface area contributed by atoms with Crippen LogP contribution in [0, 0.1) is 5.82 Å². The minimum Gasteiger partial charge on any atom is -0.497 e. The van der Waals surface area contributed by atoms with Crippen molar-refractivity contribution in [1.82, 2.24) is 25.1 Å². The summed E-state index contributed by atoms with van der Waals surface area (Å²) in [6.45, 7) is 2.31. The number of hydrogen-bond donors (Lipinski definition) is 2. The molecular weight excluding hydrogens is 477 g/mol. The molecule has 2 aromatic carbocycles. The van der Waals surface area contributed by atoms with E-state index in [-0.39, 0.29) is 36.4 Å². The first-order valence-electron chi connectivity index (χ1n) is 12.1. The quantitative estimate of drug-likeness (QED) is 0.490. The number of rotatable bonds is 8. The molecule has 1 aliphatic carbocycles.